The normalized spacial score (nSPS) is 23.5. The van der Waals surface area contributed by atoms with Crippen molar-refractivity contribution in [2.75, 3.05) is 0 Å². The number of aromatic hydroxyl groups is 1. The van der Waals surface area contributed by atoms with Crippen LogP contribution in [0, 0.1) is 0 Å². The molecule has 0 spiro atoms. The Morgan fingerprint density at radius 1 is 1.23 bits per heavy atom. The predicted octanol–water partition coefficient (Wildman–Crippen LogP) is 1.63. The minimum atomic E-state index is -0.818. The molecule has 5 nitrogen and oxygen atoms in total. The molecule has 0 aliphatic carbocycles. The smallest absolute Gasteiger partial charge is 0.261 e. The van der Waals surface area contributed by atoms with Gasteiger partial charge in [-0.15, -0.1) is 0 Å². The topological polar surface area (TPSA) is 70.0 Å². The fourth-order valence-electron chi connectivity index (χ4n) is 3.11. The number of hydrogen-bond donors (Lipinski definition) is 1. The molecule has 2 radical (unpaired) electrons. The quantitative estimate of drug-likeness (QED) is 0.750. The third-order valence-electron chi connectivity index (χ3n) is 4.34. The van der Waals surface area contributed by atoms with Crippen molar-refractivity contribution in [3.8, 4) is 5.75 Å². The molecule has 1 N–H and O–H groups in total. The number of hydrogen-bond acceptors (Lipinski definition) is 3. The molecule has 0 fully saturated rings. The molecule has 4 rings (SSSR count). The average molecular weight is 290 g/mol. The minimum Gasteiger partial charge on any atom is -0.508 e. The van der Waals surface area contributed by atoms with Crippen molar-refractivity contribution in [2.45, 2.75) is 18.8 Å². The van der Waals surface area contributed by atoms with E-state index in [1.807, 2.05) is 6.07 Å². The number of amidine groups is 1. The molecule has 2 aromatic rings. The van der Waals surface area contributed by atoms with E-state index in [2.05, 4.69) is 4.99 Å². The van der Waals surface area contributed by atoms with Crippen LogP contribution in [0.3, 0.4) is 0 Å². The van der Waals surface area contributed by atoms with E-state index in [4.69, 9.17) is 7.85 Å². The van der Waals surface area contributed by atoms with E-state index in [-0.39, 0.29) is 11.7 Å². The molecule has 106 valence electrons. The Bertz CT molecular complexity index is 890. The highest BCUT2D eigenvalue weighted by molar-refractivity contribution is 6.34. The van der Waals surface area contributed by atoms with Gasteiger partial charge in [-0.25, -0.2) is 0 Å². The third kappa shape index (κ3) is 1.52. The van der Waals surface area contributed by atoms with Gasteiger partial charge in [-0.3, -0.25) is 14.5 Å². The lowest BCUT2D eigenvalue weighted by Crippen LogP contribution is -2.46. The molecule has 6 heteroatoms. The zero-order valence-electron chi connectivity index (χ0n) is 11.8. The molecule has 2 aliphatic heterocycles. The molecule has 2 amide bonds. The van der Waals surface area contributed by atoms with Gasteiger partial charge in [-0.2, -0.15) is 4.99 Å². The lowest BCUT2D eigenvalue weighted by molar-refractivity contribution is -0.118. The van der Waals surface area contributed by atoms with Crippen LogP contribution < -0.4 is 0 Å². The number of aliphatic imine (C=N–C) groups is 1. The Morgan fingerprint density at radius 2 is 1.95 bits per heavy atom. The van der Waals surface area contributed by atoms with Gasteiger partial charge >= 0.3 is 0 Å². The van der Waals surface area contributed by atoms with Crippen LogP contribution in [-0.2, 0) is 4.79 Å². The molecule has 22 heavy (non-hydrogen) atoms. The van der Waals surface area contributed by atoms with Gasteiger partial charge in [-0.05, 0) is 35.9 Å². The molecule has 2 aliphatic rings. The summed E-state index contributed by atoms with van der Waals surface area (Å²) in [4.78, 5) is 30.2. The van der Waals surface area contributed by atoms with E-state index in [0.717, 1.165) is 5.39 Å². The van der Waals surface area contributed by atoms with Gasteiger partial charge in [0.15, 0.2) is 0 Å². The predicted molar refractivity (Wildman–Crippen MR) is 82.3 cm³/mol. The van der Waals surface area contributed by atoms with Crippen LogP contribution in [0.5, 0.6) is 5.75 Å². The number of carbonyl (C=O) groups excluding carboxylic acids is 2. The summed E-state index contributed by atoms with van der Waals surface area (Å²) >= 11 is 0. The van der Waals surface area contributed by atoms with Gasteiger partial charge in [-0.1, -0.05) is 12.1 Å². The van der Waals surface area contributed by atoms with Crippen LogP contribution in [0.2, 0.25) is 5.82 Å². The van der Waals surface area contributed by atoms with Gasteiger partial charge in [0, 0.05) is 17.4 Å². The second-order valence-corrected chi connectivity index (χ2v) is 5.61. The summed E-state index contributed by atoms with van der Waals surface area (Å²) in [5, 5.41) is 11.2. The summed E-state index contributed by atoms with van der Waals surface area (Å²) in [6.45, 7) is 1.74. The number of fused-ring (bicyclic) bond motifs is 5. The number of amides is 2. The summed E-state index contributed by atoms with van der Waals surface area (Å²) in [5.41, 5.74) is 1.07. The van der Waals surface area contributed by atoms with Crippen LogP contribution in [0.25, 0.3) is 10.8 Å². The highest BCUT2D eigenvalue weighted by atomic mass is 16.3. The third-order valence-corrected chi connectivity index (χ3v) is 4.34. The first-order chi connectivity index (χ1) is 10.5. The van der Waals surface area contributed by atoms with Crippen molar-refractivity contribution >= 4 is 36.3 Å². The van der Waals surface area contributed by atoms with Crippen LogP contribution in [0.15, 0.2) is 35.3 Å². The first-order valence-corrected chi connectivity index (χ1v) is 6.97. The summed E-state index contributed by atoms with van der Waals surface area (Å²) in [7, 11) is 5.82. The maximum atomic E-state index is 12.8. The molecule has 0 saturated heterocycles. The van der Waals surface area contributed by atoms with E-state index < -0.39 is 17.8 Å². The molecule has 2 atom stereocenters. The van der Waals surface area contributed by atoms with Crippen molar-refractivity contribution in [3.63, 3.8) is 0 Å². The standard InChI is InChI=1S/C16H11BN2O3/c1-7-13(17)15(21)18-14-10-5-3-8-2-4-9(20)6-11(8)12(10)16(22)19(7)14/h2-7,13,20H,1H3/t7-,13+/m1/s1. The van der Waals surface area contributed by atoms with Crippen LogP contribution in [-0.4, -0.2) is 41.5 Å². The molecular weight excluding hydrogens is 279 g/mol. The number of benzene rings is 2. The zero-order chi connectivity index (χ0) is 15.6. The molecule has 0 bridgehead atoms. The van der Waals surface area contributed by atoms with Gasteiger partial charge < -0.3 is 5.11 Å². The molecular formula is C16H11BN2O3. The summed E-state index contributed by atoms with van der Waals surface area (Å²) in [6.07, 6.45) is 0. The van der Waals surface area contributed by atoms with Gasteiger partial charge in [0.2, 0.25) is 5.91 Å². The molecule has 0 aromatic heterocycles. The minimum absolute atomic E-state index is 0.0846. The second-order valence-electron chi connectivity index (χ2n) is 5.61. The Hall–Kier alpha value is -2.63. The maximum absolute atomic E-state index is 12.8. The number of phenols is 1. The highest BCUT2D eigenvalue weighted by Gasteiger charge is 2.44. The molecule has 2 aromatic carbocycles. The van der Waals surface area contributed by atoms with Crippen molar-refractivity contribution in [3.05, 3.63) is 41.5 Å². The van der Waals surface area contributed by atoms with Crippen LogP contribution >= 0.6 is 0 Å². The SMILES string of the molecule is [B][C@@H]1C(=O)N=C2c3ccc4ccc(O)cc4c3C(=O)N2[C@@H]1C. The monoisotopic (exact) mass is 290 g/mol. The Balaban J connectivity index is 2.04. The Morgan fingerprint density at radius 3 is 2.73 bits per heavy atom. The van der Waals surface area contributed by atoms with E-state index in [0.29, 0.717) is 22.3 Å². The summed E-state index contributed by atoms with van der Waals surface area (Å²) in [5.74, 6) is -1.04. The van der Waals surface area contributed by atoms with Gasteiger partial charge in [0.25, 0.3) is 5.91 Å². The van der Waals surface area contributed by atoms with E-state index in [9.17, 15) is 14.7 Å². The number of carbonyl (C=O) groups is 2. The van der Waals surface area contributed by atoms with E-state index in [1.54, 1.807) is 31.2 Å². The lowest BCUT2D eigenvalue weighted by Gasteiger charge is -2.32. The Kier molecular flexibility index (Phi) is 2.49. The van der Waals surface area contributed by atoms with Gasteiger partial charge in [0.05, 0.1) is 13.4 Å². The first kappa shape index (κ1) is 13.1. The average Bonchev–Trinajstić information content (AvgIpc) is 2.78. The summed E-state index contributed by atoms with van der Waals surface area (Å²) < 4.78 is 0. The Labute approximate surface area is 127 Å². The van der Waals surface area contributed by atoms with Crippen molar-refractivity contribution in [1.29, 1.82) is 0 Å². The largest absolute Gasteiger partial charge is 0.508 e. The van der Waals surface area contributed by atoms with Crippen molar-refractivity contribution in [2.24, 2.45) is 4.99 Å². The van der Waals surface area contributed by atoms with E-state index in [1.165, 1.54) is 4.90 Å². The number of rotatable bonds is 0. The van der Waals surface area contributed by atoms with E-state index >= 15 is 0 Å². The number of phenolic OH excluding ortho intramolecular Hbond substituents is 1. The van der Waals surface area contributed by atoms with Gasteiger partial charge in [0.1, 0.15) is 11.6 Å². The maximum Gasteiger partial charge on any atom is 0.261 e. The molecule has 0 saturated carbocycles. The number of nitrogens with zero attached hydrogens (tertiary/aromatic N) is 2. The van der Waals surface area contributed by atoms with Crippen LogP contribution in [0.4, 0.5) is 0 Å². The van der Waals surface area contributed by atoms with Crippen molar-refractivity contribution < 1.29 is 14.7 Å². The second kappa shape index (κ2) is 4.19. The first-order valence-electron chi connectivity index (χ1n) is 6.97. The molecule has 2 heterocycles. The van der Waals surface area contributed by atoms with Crippen molar-refractivity contribution in [1.82, 2.24) is 4.90 Å². The highest BCUT2D eigenvalue weighted by Crippen LogP contribution is 2.37. The lowest BCUT2D eigenvalue weighted by atomic mass is 9.79. The zero-order valence-corrected chi connectivity index (χ0v) is 11.8. The molecule has 0 unspecified atom stereocenters. The summed E-state index contributed by atoms with van der Waals surface area (Å²) in [6, 6.07) is 8.04. The fourth-order valence-corrected chi connectivity index (χ4v) is 3.11. The fraction of sp³-hybridized carbons (Fsp3) is 0.188. The van der Waals surface area contributed by atoms with Crippen LogP contribution in [0.1, 0.15) is 22.8 Å².